The maximum atomic E-state index is 5.95. The van der Waals surface area contributed by atoms with E-state index in [1.165, 1.54) is 20.4 Å². The van der Waals surface area contributed by atoms with Crippen LogP contribution in [0.2, 0.25) is 5.02 Å². The van der Waals surface area contributed by atoms with Gasteiger partial charge in [-0.3, -0.25) is 0 Å². The molecule has 0 aliphatic carbocycles. The van der Waals surface area contributed by atoms with Crippen molar-refractivity contribution in [2.45, 2.75) is 13.5 Å². The van der Waals surface area contributed by atoms with Crippen molar-refractivity contribution in [3.8, 4) is 0 Å². The minimum Gasteiger partial charge on any atom is -0.381 e. The van der Waals surface area contributed by atoms with E-state index < -0.39 is 0 Å². The fraction of sp³-hybridized carbons (Fsp3) is 0.143. The highest BCUT2D eigenvalue weighted by atomic mass is 127. The Balaban J connectivity index is 2.09. The maximum Gasteiger partial charge on any atom is 0.0409 e. The predicted molar refractivity (Wildman–Crippen MR) is 82.7 cm³/mol. The Morgan fingerprint density at radius 1 is 1.18 bits per heavy atom. The van der Waals surface area contributed by atoms with Crippen LogP contribution >= 0.6 is 34.2 Å². The average molecular weight is 358 g/mol. The summed E-state index contributed by atoms with van der Waals surface area (Å²) in [5.41, 5.74) is 3.63. The van der Waals surface area contributed by atoms with Crippen molar-refractivity contribution in [2.75, 3.05) is 5.32 Å². The number of nitrogens with one attached hydrogen (secondary N) is 1. The lowest BCUT2D eigenvalue weighted by Gasteiger charge is -2.10. The van der Waals surface area contributed by atoms with Crippen LogP contribution in [-0.4, -0.2) is 0 Å². The van der Waals surface area contributed by atoms with Gasteiger partial charge in [0.2, 0.25) is 0 Å². The van der Waals surface area contributed by atoms with Gasteiger partial charge in [-0.25, -0.2) is 0 Å². The van der Waals surface area contributed by atoms with Crippen LogP contribution in [-0.2, 0) is 6.54 Å². The molecule has 0 aliphatic rings. The molecule has 17 heavy (non-hydrogen) atoms. The topological polar surface area (TPSA) is 12.0 Å². The van der Waals surface area contributed by atoms with E-state index in [0.29, 0.717) is 0 Å². The third-order valence-electron chi connectivity index (χ3n) is 2.57. The van der Waals surface area contributed by atoms with Crippen molar-refractivity contribution < 1.29 is 0 Å². The monoisotopic (exact) mass is 357 g/mol. The summed E-state index contributed by atoms with van der Waals surface area (Å²) in [6.45, 7) is 2.90. The summed E-state index contributed by atoms with van der Waals surface area (Å²) in [4.78, 5) is 0. The van der Waals surface area contributed by atoms with Crippen LogP contribution in [0.3, 0.4) is 0 Å². The summed E-state index contributed by atoms with van der Waals surface area (Å²) in [5.74, 6) is 0. The molecule has 0 radical (unpaired) electrons. The number of aryl methyl sites for hydroxylation is 1. The van der Waals surface area contributed by atoms with Crippen LogP contribution in [0.1, 0.15) is 11.1 Å². The van der Waals surface area contributed by atoms with E-state index in [0.717, 1.165) is 11.6 Å². The van der Waals surface area contributed by atoms with Gasteiger partial charge in [-0.1, -0.05) is 29.8 Å². The zero-order chi connectivity index (χ0) is 12.3. The lowest BCUT2D eigenvalue weighted by molar-refractivity contribution is 1.14. The van der Waals surface area contributed by atoms with Crippen molar-refractivity contribution in [3.63, 3.8) is 0 Å². The molecule has 2 aromatic rings. The molecular formula is C14H13ClIN. The largest absolute Gasteiger partial charge is 0.381 e. The van der Waals surface area contributed by atoms with Gasteiger partial charge in [0.25, 0.3) is 0 Å². The zero-order valence-corrected chi connectivity index (χ0v) is 12.4. The minimum atomic E-state index is 0.781. The molecule has 0 heterocycles. The van der Waals surface area contributed by atoms with Gasteiger partial charge >= 0.3 is 0 Å². The number of hydrogen-bond donors (Lipinski definition) is 1. The van der Waals surface area contributed by atoms with Crippen molar-refractivity contribution in [2.24, 2.45) is 0 Å². The quantitative estimate of drug-likeness (QED) is 0.773. The predicted octanol–water partition coefficient (Wildman–Crippen LogP) is 4.87. The van der Waals surface area contributed by atoms with Gasteiger partial charge in [-0.15, -0.1) is 0 Å². The van der Waals surface area contributed by atoms with Crippen molar-refractivity contribution in [1.82, 2.24) is 0 Å². The van der Waals surface area contributed by atoms with Crippen molar-refractivity contribution >= 4 is 39.9 Å². The number of benzene rings is 2. The minimum absolute atomic E-state index is 0.781. The van der Waals surface area contributed by atoms with Gasteiger partial charge in [0.1, 0.15) is 0 Å². The second kappa shape index (κ2) is 5.74. The van der Waals surface area contributed by atoms with Gasteiger partial charge in [0, 0.05) is 20.8 Å². The number of hydrogen-bond acceptors (Lipinski definition) is 1. The van der Waals surface area contributed by atoms with Crippen molar-refractivity contribution in [1.29, 1.82) is 0 Å². The molecule has 0 unspecified atom stereocenters. The summed E-state index contributed by atoms with van der Waals surface area (Å²) >= 11 is 8.27. The Kier molecular flexibility index (Phi) is 4.29. The highest BCUT2D eigenvalue weighted by Gasteiger charge is 1.99. The van der Waals surface area contributed by atoms with E-state index in [2.05, 4.69) is 59.1 Å². The summed E-state index contributed by atoms with van der Waals surface area (Å²) in [6.07, 6.45) is 0. The highest BCUT2D eigenvalue weighted by Crippen LogP contribution is 2.19. The molecule has 0 saturated carbocycles. The molecule has 0 fully saturated rings. The van der Waals surface area contributed by atoms with E-state index >= 15 is 0 Å². The van der Waals surface area contributed by atoms with Crippen LogP contribution in [0.4, 0.5) is 5.69 Å². The van der Waals surface area contributed by atoms with Crippen LogP contribution in [0.15, 0.2) is 42.5 Å². The molecule has 2 rings (SSSR count). The first-order chi connectivity index (χ1) is 8.15. The molecule has 0 aromatic heterocycles. The molecule has 88 valence electrons. The normalized spacial score (nSPS) is 10.3. The van der Waals surface area contributed by atoms with Gasteiger partial charge < -0.3 is 5.32 Å². The van der Waals surface area contributed by atoms with Gasteiger partial charge in [0.15, 0.2) is 0 Å². The highest BCUT2D eigenvalue weighted by molar-refractivity contribution is 14.1. The van der Waals surface area contributed by atoms with Crippen LogP contribution in [0, 0.1) is 10.5 Å². The fourth-order valence-electron chi connectivity index (χ4n) is 1.63. The number of halogens is 2. The Bertz CT molecular complexity index is 525. The number of anilines is 1. The molecule has 0 amide bonds. The standard InChI is InChI=1S/C14H13ClIN/c1-10-5-6-13(16)8-14(10)17-9-11-3-2-4-12(15)7-11/h2-8,17H,9H2,1H3. The molecule has 0 saturated heterocycles. The van der Waals surface area contributed by atoms with Crippen LogP contribution in [0.5, 0.6) is 0 Å². The van der Waals surface area contributed by atoms with Gasteiger partial charge in [-0.2, -0.15) is 0 Å². The molecule has 1 nitrogen and oxygen atoms in total. The molecule has 0 bridgehead atoms. The zero-order valence-electron chi connectivity index (χ0n) is 9.50. The summed E-state index contributed by atoms with van der Waals surface area (Å²) < 4.78 is 1.24. The Morgan fingerprint density at radius 3 is 2.76 bits per heavy atom. The lowest BCUT2D eigenvalue weighted by atomic mass is 10.2. The van der Waals surface area contributed by atoms with E-state index in [-0.39, 0.29) is 0 Å². The molecule has 1 N–H and O–H groups in total. The second-order valence-corrected chi connectivity index (χ2v) is 5.62. The first-order valence-electron chi connectivity index (χ1n) is 5.39. The third-order valence-corrected chi connectivity index (χ3v) is 3.48. The molecule has 0 aliphatic heterocycles. The molecule has 2 aromatic carbocycles. The Morgan fingerprint density at radius 2 is 2.00 bits per heavy atom. The summed E-state index contributed by atoms with van der Waals surface area (Å²) in [7, 11) is 0. The van der Waals surface area contributed by atoms with Crippen LogP contribution in [0.25, 0.3) is 0 Å². The smallest absolute Gasteiger partial charge is 0.0409 e. The summed E-state index contributed by atoms with van der Waals surface area (Å²) in [6, 6.07) is 14.3. The van der Waals surface area contributed by atoms with E-state index in [1.54, 1.807) is 0 Å². The SMILES string of the molecule is Cc1ccc(I)cc1NCc1cccc(Cl)c1. The first-order valence-corrected chi connectivity index (χ1v) is 6.85. The van der Waals surface area contributed by atoms with Gasteiger partial charge in [-0.05, 0) is 64.9 Å². The molecular weight excluding hydrogens is 345 g/mol. The first kappa shape index (κ1) is 12.7. The van der Waals surface area contributed by atoms with E-state index in [1.807, 2.05) is 18.2 Å². The maximum absolute atomic E-state index is 5.95. The Labute approximate surface area is 120 Å². The Hall–Kier alpha value is -0.740. The fourth-order valence-corrected chi connectivity index (χ4v) is 2.33. The average Bonchev–Trinajstić information content (AvgIpc) is 2.30. The summed E-state index contributed by atoms with van der Waals surface area (Å²) in [5, 5.41) is 4.21. The molecule has 0 spiro atoms. The molecule has 0 atom stereocenters. The van der Waals surface area contributed by atoms with E-state index in [9.17, 15) is 0 Å². The van der Waals surface area contributed by atoms with Crippen molar-refractivity contribution in [3.05, 3.63) is 62.2 Å². The number of rotatable bonds is 3. The third kappa shape index (κ3) is 3.61. The van der Waals surface area contributed by atoms with Crippen LogP contribution < -0.4 is 5.32 Å². The van der Waals surface area contributed by atoms with Gasteiger partial charge in [0.05, 0.1) is 0 Å². The second-order valence-electron chi connectivity index (χ2n) is 3.94. The molecule has 3 heteroatoms. The van der Waals surface area contributed by atoms with E-state index in [4.69, 9.17) is 11.6 Å². The lowest BCUT2D eigenvalue weighted by Crippen LogP contribution is -2.01.